The van der Waals surface area contributed by atoms with Gasteiger partial charge in [-0.1, -0.05) is 26.0 Å². The topological polar surface area (TPSA) is 55.7 Å². The van der Waals surface area contributed by atoms with E-state index in [4.69, 9.17) is 4.74 Å². The smallest absolute Gasteiger partial charge is 0.269 e. The lowest BCUT2D eigenvalue weighted by Crippen LogP contribution is -1.89. The third-order valence-electron chi connectivity index (χ3n) is 1.79. The van der Waals surface area contributed by atoms with Crippen molar-refractivity contribution in [1.82, 2.24) is 0 Å². The monoisotopic (exact) mass is 195 g/mol. The normalized spacial score (nSPS) is 18.0. The molecule has 1 unspecified atom stereocenters. The molecule has 0 aromatic heterocycles. The molecule has 0 bridgehead atoms. The highest BCUT2D eigenvalue weighted by Crippen LogP contribution is 2.31. The van der Waals surface area contributed by atoms with Gasteiger partial charge in [-0.05, 0) is 5.56 Å². The zero-order valence-corrected chi connectivity index (χ0v) is 8.27. The van der Waals surface area contributed by atoms with Crippen molar-refractivity contribution >= 4 is 5.69 Å². The highest BCUT2D eigenvalue weighted by Gasteiger charge is 2.25. The number of non-ortho nitro benzene ring substituents is 1. The number of nitro groups is 1. The average molecular weight is 195 g/mol. The van der Waals surface area contributed by atoms with Crippen molar-refractivity contribution in [2.75, 3.05) is 6.61 Å². The van der Waals surface area contributed by atoms with Crippen LogP contribution in [-0.2, 0) is 4.74 Å². The summed E-state index contributed by atoms with van der Waals surface area (Å²) < 4.78 is 5.01. The van der Waals surface area contributed by atoms with Gasteiger partial charge in [-0.15, -0.1) is 0 Å². The van der Waals surface area contributed by atoms with E-state index in [0.717, 1.165) is 5.56 Å². The lowest BCUT2D eigenvalue weighted by Gasteiger charge is -1.94. The van der Waals surface area contributed by atoms with E-state index in [0.29, 0.717) is 6.61 Å². The summed E-state index contributed by atoms with van der Waals surface area (Å²) in [6.45, 7) is 4.68. The fourth-order valence-corrected chi connectivity index (χ4v) is 1.08. The minimum atomic E-state index is -0.397. The summed E-state index contributed by atoms with van der Waals surface area (Å²) in [7, 11) is 0. The Balaban J connectivity index is 0.000000461. The number of nitro benzene ring substituents is 1. The first-order valence-electron chi connectivity index (χ1n) is 4.63. The van der Waals surface area contributed by atoms with Crippen LogP contribution in [-0.4, -0.2) is 11.5 Å². The van der Waals surface area contributed by atoms with Crippen LogP contribution in [0.15, 0.2) is 24.3 Å². The van der Waals surface area contributed by atoms with Gasteiger partial charge in [0.25, 0.3) is 5.69 Å². The average Bonchev–Trinajstić information content (AvgIpc) is 3.04. The molecule has 14 heavy (non-hydrogen) atoms. The number of ether oxygens (including phenoxy) is 1. The summed E-state index contributed by atoms with van der Waals surface area (Å²) in [6.07, 6.45) is 0.0879. The van der Waals surface area contributed by atoms with Crippen LogP contribution in [0, 0.1) is 10.1 Å². The Bertz CT molecular complexity index is 321. The van der Waals surface area contributed by atoms with Crippen LogP contribution in [0.1, 0.15) is 25.5 Å². The van der Waals surface area contributed by atoms with Gasteiger partial charge in [0.1, 0.15) is 6.10 Å². The summed E-state index contributed by atoms with van der Waals surface area (Å²) in [5.74, 6) is 0. The van der Waals surface area contributed by atoms with Crippen molar-refractivity contribution in [1.29, 1.82) is 0 Å². The Hall–Kier alpha value is -1.42. The number of rotatable bonds is 2. The van der Waals surface area contributed by atoms with Crippen molar-refractivity contribution < 1.29 is 9.66 Å². The van der Waals surface area contributed by atoms with Gasteiger partial charge in [-0.3, -0.25) is 10.1 Å². The second kappa shape index (κ2) is 4.72. The molecule has 1 aromatic rings. The minimum Gasteiger partial charge on any atom is -0.368 e. The Labute approximate surface area is 82.7 Å². The molecule has 1 aromatic carbocycles. The molecule has 2 rings (SSSR count). The molecule has 1 aliphatic heterocycles. The molecule has 4 nitrogen and oxygen atoms in total. The predicted molar refractivity (Wildman–Crippen MR) is 53.1 cm³/mol. The molecule has 0 saturated carbocycles. The van der Waals surface area contributed by atoms with Crippen LogP contribution in [0.4, 0.5) is 5.69 Å². The SMILES string of the molecule is CC.O=[N+]([O-])c1cccc(C2CO2)c1. The molecule has 1 heterocycles. The lowest BCUT2D eigenvalue weighted by molar-refractivity contribution is -0.384. The van der Waals surface area contributed by atoms with Gasteiger partial charge in [0.05, 0.1) is 11.5 Å². The summed E-state index contributed by atoms with van der Waals surface area (Å²) in [4.78, 5) is 9.96. The molecule has 76 valence electrons. The van der Waals surface area contributed by atoms with E-state index >= 15 is 0 Å². The van der Waals surface area contributed by atoms with Crippen LogP contribution in [0.3, 0.4) is 0 Å². The number of hydrogen-bond donors (Lipinski definition) is 0. The summed E-state index contributed by atoms with van der Waals surface area (Å²) in [6, 6.07) is 6.54. The Morgan fingerprint density at radius 2 is 2.14 bits per heavy atom. The first-order chi connectivity index (χ1) is 6.77. The van der Waals surface area contributed by atoms with E-state index in [1.807, 2.05) is 19.9 Å². The van der Waals surface area contributed by atoms with Crippen LogP contribution in [0.5, 0.6) is 0 Å². The fourth-order valence-electron chi connectivity index (χ4n) is 1.08. The second-order valence-corrected chi connectivity index (χ2v) is 2.67. The van der Waals surface area contributed by atoms with Gasteiger partial charge in [-0.25, -0.2) is 0 Å². The summed E-state index contributed by atoms with van der Waals surface area (Å²) >= 11 is 0. The van der Waals surface area contributed by atoms with E-state index < -0.39 is 4.92 Å². The van der Waals surface area contributed by atoms with Gasteiger partial charge in [0, 0.05) is 12.1 Å². The van der Waals surface area contributed by atoms with Gasteiger partial charge in [0.2, 0.25) is 0 Å². The molecule has 0 radical (unpaired) electrons. The maximum absolute atomic E-state index is 10.4. The second-order valence-electron chi connectivity index (χ2n) is 2.67. The number of benzene rings is 1. The van der Waals surface area contributed by atoms with E-state index in [1.165, 1.54) is 6.07 Å². The Morgan fingerprint density at radius 1 is 1.50 bits per heavy atom. The van der Waals surface area contributed by atoms with Crippen molar-refractivity contribution in [3.63, 3.8) is 0 Å². The van der Waals surface area contributed by atoms with Crippen LogP contribution in [0.2, 0.25) is 0 Å². The molecule has 0 spiro atoms. The van der Waals surface area contributed by atoms with Crippen LogP contribution in [0.25, 0.3) is 0 Å². The van der Waals surface area contributed by atoms with Gasteiger partial charge >= 0.3 is 0 Å². The standard InChI is InChI=1S/C8H7NO3.C2H6/c10-9(11)7-3-1-2-6(4-7)8-5-12-8;1-2/h1-4,8H,5H2;1-2H3. The molecule has 1 atom stereocenters. The van der Waals surface area contributed by atoms with Crippen molar-refractivity contribution in [2.24, 2.45) is 0 Å². The third-order valence-corrected chi connectivity index (χ3v) is 1.79. The number of nitrogens with zero attached hydrogens (tertiary/aromatic N) is 1. The first kappa shape index (κ1) is 10.7. The minimum absolute atomic E-state index is 0.0879. The zero-order valence-electron chi connectivity index (χ0n) is 8.27. The number of hydrogen-bond acceptors (Lipinski definition) is 3. The maximum atomic E-state index is 10.4. The van der Waals surface area contributed by atoms with E-state index in [9.17, 15) is 10.1 Å². The van der Waals surface area contributed by atoms with Gasteiger partial charge in [0.15, 0.2) is 0 Å². The highest BCUT2D eigenvalue weighted by atomic mass is 16.6. The van der Waals surface area contributed by atoms with Gasteiger partial charge in [-0.2, -0.15) is 0 Å². The van der Waals surface area contributed by atoms with E-state index in [1.54, 1.807) is 12.1 Å². The van der Waals surface area contributed by atoms with E-state index in [2.05, 4.69) is 0 Å². The quantitative estimate of drug-likeness (QED) is 0.414. The zero-order chi connectivity index (χ0) is 10.6. The maximum Gasteiger partial charge on any atom is 0.269 e. The molecular weight excluding hydrogens is 182 g/mol. The molecule has 1 fully saturated rings. The Kier molecular flexibility index (Phi) is 3.59. The van der Waals surface area contributed by atoms with Gasteiger partial charge < -0.3 is 4.74 Å². The van der Waals surface area contributed by atoms with Crippen molar-refractivity contribution in [2.45, 2.75) is 20.0 Å². The predicted octanol–water partition coefficient (Wildman–Crippen LogP) is 2.69. The summed E-state index contributed by atoms with van der Waals surface area (Å²) in [5, 5.41) is 10.4. The first-order valence-corrected chi connectivity index (χ1v) is 4.63. The molecule has 4 heteroatoms. The van der Waals surface area contributed by atoms with Crippen molar-refractivity contribution in [3.8, 4) is 0 Å². The van der Waals surface area contributed by atoms with Crippen LogP contribution < -0.4 is 0 Å². The fraction of sp³-hybridized carbons (Fsp3) is 0.400. The highest BCUT2D eigenvalue weighted by molar-refractivity contribution is 5.36. The third kappa shape index (κ3) is 2.53. The lowest BCUT2D eigenvalue weighted by atomic mass is 10.1. The van der Waals surface area contributed by atoms with Crippen molar-refractivity contribution in [3.05, 3.63) is 39.9 Å². The molecule has 0 aliphatic carbocycles. The molecule has 0 N–H and O–H groups in total. The molecule has 1 saturated heterocycles. The molecule has 0 amide bonds. The Morgan fingerprint density at radius 3 is 2.64 bits per heavy atom. The van der Waals surface area contributed by atoms with Crippen LogP contribution >= 0.6 is 0 Å². The summed E-state index contributed by atoms with van der Waals surface area (Å²) in [5.41, 5.74) is 1.02. The number of epoxide rings is 1. The largest absolute Gasteiger partial charge is 0.368 e. The molecule has 1 aliphatic rings. The molecular formula is C10H13NO3. The van der Waals surface area contributed by atoms with E-state index in [-0.39, 0.29) is 11.8 Å².